The van der Waals surface area contributed by atoms with Crippen LogP contribution in [-0.4, -0.2) is 18.8 Å². The Morgan fingerprint density at radius 2 is 2.00 bits per heavy atom. The van der Waals surface area contributed by atoms with Crippen molar-refractivity contribution in [1.29, 1.82) is 0 Å². The number of methoxy groups -OCH3 is 1. The molecule has 0 fully saturated rings. The Hall–Kier alpha value is -1.48. The lowest BCUT2D eigenvalue weighted by atomic mass is 10.1. The second kappa shape index (κ2) is 6.62. The first-order chi connectivity index (χ1) is 8.85. The third-order valence-electron chi connectivity index (χ3n) is 2.70. The average molecular weight is 263 g/mol. The van der Waals surface area contributed by atoms with Gasteiger partial charge in [0.25, 0.3) is 0 Å². The second-order valence-corrected chi connectivity index (χ2v) is 5.65. The molecular formula is C16H25NO2. The second-order valence-electron chi connectivity index (χ2n) is 5.65. The highest BCUT2D eigenvalue weighted by Gasteiger charge is 2.11. The highest BCUT2D eigenvalue weighted by Crippen LogP contribution is 2.29. The summed E-state index contributed by atoms with van der Waals surface area (Å²) in [5.41, 5.74) is 1.27. The molecule has 0 spiro atoms. The summed E-state index contributed by atoms with van der Waals surface area (Å²) in [7, 11) is 1.65. The molecule has 1 aromatic rings. The molecule has 106 valence electrons. The molecule has 0 radical (unpaired) electrons. The molecule has 1 N–H and O–H groups in total. The minimum absolute atomic E-state index is 0.0348. The van der Waals surface area contributed by atoms with Gasteiger partial charge in [-0.05, 0) is 45.4 Å². The summed E-state index contributed by atoms with van der Waals surface area (Å²) in [6, 6.07) is 5.99. The predicted molar refractivity (Wildman–Crippen MR) is 79.9 cm³/mol. The Bertz CT molecular complexity index is 421. The zero-order valence-electron chi connectivity index (χ0n) is 12.6. The van der Waals surface area contributed by atoms with E-state index < -0.39 is 0 Å². The van der Waals surface area contributed by atoms with E-state index in [1.54, 1.807) is 13.2 Å². The minimum Gasteiger partial charge on any atom is -0.493 e. The summed E-state index contributed by atoms with van der Waals surface area (Å²) < 4.78 is 11.1. The van der Waals surface area contributed by atoms with Crippen LogP contribution in [0.4, 0.5) is 0 Å². The van der Waals surface area contributed by atoms with Crippen molar-refractivity contribution in [2.45, 2.75) is 45.9 Å². The molecule has 3 nitrogen and oxygen atoms in total. The average Bonchev–Trinajstić information content (AvgIpc) is 2.36. The molecule has 0 bridgehead atoms. The zero-order chi connectivity index (χ0) is 14.5. The van der Waals surface area contributed by atoms with Gasteiger partial charge in [-0.3, -0.25) is 0 Å². The molecule has 0 saturated carbocycles. The van der Waals surface area contributed by atoms with Crippen LogP contribution < -0.4 is 14.8 Å². The van der Waals surface area contributed by atoms with Crippen LogP contribution >= 0.6 is 0 Å². The standard InChI is InChI=1S/C16H25NO2/c1-7-12(2)19-14-9-8-13(10-15(14)18-6)11-17-16(3,4)5/h7-10,12,17H,1,11H2,2-6H3. The Balaban J connectivity index is 2.80. The van der Waals surface area contributed by atoms with Crippen molar-refractivity contribution in [3.8, 4) is 11.5 Å². The summed E-state index contributed by atoms with van der Waals surface area (Å²) in [5.74, 6) is 1.50. The van der Waals surface area contributed by atoms with E-state index in [1.807, 2.05) is 25.1 Å². The third-order valence-corrected chi connectivity index (χ3v) is 2.70. The summed E-state index contributed by atoms with van der Waals surface area (Å²) in [6.07, 6.45) is 1.72. The molecule has 1 aromatic carbocycles. The molecular weight excluding hydrogens is 238 g/mol. The van der Waals surface area contributed by atoms with Crippen molar-refractivity contribution in [2.75, 3.05) is 7.11 Å². The maximum absolute atomic E-state index is 5.72. The Labute approximate surface area is 116 Å². The molecule has 1 rings (SSSR count). The molecule has 0 aliphatic heterocycles. The number of hydrogen-bond donors (Lipinski definition) is 1. The van der Waals surface area contributed by atoms with Crippen molar-refractivity contribution in [2.24, 2.45) is 0 Å². The van der Waals surface area contributed by atoms with E-state index in [-0.39, 0.29) is 11.6 Å². The molecule has 0 aliphatic rings. The van der Waals surface area contributed by atoms with E-state index in [1.165, 1.54) is 5.56 Å². The lowest BCUT2D eigenvalue weighted by Crippen LogP contribution is -2.35. The largest absolute Gasteiger partial charge is 0.493 e. The quantitative estimate of drug-likeness (QED) is 0.796. The van der Waals surface area contributed by atoms with Gasteiger partial charge in [-0.1, -0.05) is 18.7 Å². The SMILES string of the molecule is C=CC(C)Oc1ccc(CNC(C)(C)C)cc1OC. The van der Waals surface area contributed by atoms with E-state index in [4.69, 9.17) is 9.47 Å². The van der Waals surface area contributed by atoms with Crippen molar-refractivity contribution < 1.29 is 9.47 Å². The van der Waals surface area contributed by atoms with E-state index >= 15 is 0 Å². The highest BCUT2D eigenvalue weighted by atomic mass is 16.5. The van der Waals surface area contributed by atoms with Crippen LogP contribution in [0, 0.1) is 0 Å². The summed E-state index contributed by atoms with van der Waals surface area (Å²) >= 11 is 0. The topological polar surface area (TPSA) is 30.5 Å². The van der Waals surface area contributed by atoms with E-state index in [2.05, 4.69) is 32.7 Å². The fourth-order valence-corrected chi connectivity index (χ4v) is 1.53. The number of ether oxygens (including phenoxy) is 2. The zero-order valence-corrected chi connectivity index (χ0v) is 12.6. The molecule has 0 aromatic heterocycles. The predicted octanol–water partition coefficient (Wildman–Crippen LogP) is 3.54. The molecule has 3 heteroatoms. The van der Waals surface area contributed by atoms with Gasteiger partial charge in [-0.15, -0.1) is 0 Å². The first-order valence-corrected chi connectivity index (χ1v) is 6.57. The maximum Gasteiger partial charge on any atom is 0.162 e. The fraction of sp³-hybridized carbons (Fsp3) is 0.500. The van der Waals surface area contributed by atoms with Crippen molar-refractivity contribution in [1.82, 2.24) is 5.32 Å². The van der Waals surface area contributed by atoms with Gasteiger partial charge in [0.15, 0.2) is 11.5 Å². The number of hydrogen-bond acceptors (Lipinski definition) is 3. The van der Waals surface area contributed by atoms with Gasteiger partial charge >= 0.3 is 0 Å². The Morgan fingerprint density at radius 3 is 2.53 bits per heavy atom. The van der Waals surface area contributed by atoms with Crippen LogP contribution in [0.25, 0.3) is 0 Å². The van der Waals surface area contributed by atoms with E-state index in [0.29, 0.717) is 0 Å². The van der Waals surface area contributed by atoms with Gasteiger partial charge < -0.3 is 14.8 Å². The van der Waals surface area contributed by atoms with Crippen LogP contribution in [0.2, 0.25) is 0 Å². The van der Waals surface area contributed by atoms with E-state index in [9.17, 15) is 0 Å². The first-order valence-electron chi connectivity index (χ1n) is 6.57. The molecule has 19 heavy (non-hydrogen) atoms. The molecule has 0 aliphatic carbocycles. The maximum atomic E-state index is 5.72. The molecule has 0 saturated heterocycles. The molecule has 0 amide bonds. The summed E-state index contributed by atoms with van der Waals surface area (Å²) in [6.45, 7) is 12.9. The normalized spacial score (nSPS) is 12.9. The fourth-order valence-electron chi connectivity index (χ4n) is 1.53. The highest BCUT2D eigenvalue weighted by molar-refractivity contribution is 5.43. The monoisotopic (exact) mass is 263 g/mol. The van der Waals surface area contributed by atoms with Gasteiger partial charge in [0.1, 0.15) is 6.10 Å². The van der Waals surface area contributed by atoms with Gasteiger partial charge in [-0.2, -0.15) is 0 Å². The number of benzene rings is 1. The van der Waals surface area contributed by atoms with Crippen LogP contribution in [0.15, 0.2) is 30.9 Å². The van der Waals surface area contributed by atoms with Gasteiger partial charge in [0.05, 0.1) is 7.11 Å². The van der Waals surface area contributed by atoms with Crippen LogP contribution in [0.1, 0.15) is 33.3 Å². The lowest BCUT2D eigenvalue weighted by Gasteiger charge is -2.21. The molecule has 1 unspecified atom stereocenters. The van der Waals surface area contributed by atoms with Crippen LogP contribution in [0.5, 0.6) is 11.5 Å². The van der Waals surface area contributed by atoms with Gasteiger partial charge in [-0.25, -0.2) is 0 Å². The van der Waals surface area contributed by atoms with Crippen LogP contribution in [0.3, 0.4) is 0 Å². The van der Waals surface area contributed by atoms with Crippen molar-refractivity contribution in [3.05, 3.63) is 36.4 Å². The first kappa shape index (κ1) is 15.6. The van der Waals surface area contributed by atoms with Crippen molar-refractivity contribution in [3.63, 3.8) is 0 Å². The number of rotatable bonds is 6. The Kier molecular flexibility index (Phi) is 5.43. The summed E-state index contributed by atoms with van der Waals surface area (Å²) in [5, 5.41) is 3.45. The van der Waals surface area contributed by atoms with Crippen LogP contribution in [-0.2, 0) is 6.54 Å². The van der Waals surface area contributed by atoms with E-state index in [0.717, 1.165) is 18.0 Å². The molecule has 0 heterocycles. The smallest absolute Gasteiger partial charge is 0.162 e. The van der Waals surface area contributed by atoms with Gasteiger partial charge in [0.2, 0.25) is 0 Å². The van der Waals surface area contributed by atoms with Gasteiger partial charge in [0, 0.05) is 12.1 Å². The summed E-state index contributed by atoms with van der Waals surface area (Å²) in [4.78, 5) is 0. The lowest BCUT2D eigenvalue weighted by molar-refractivity contribution is 0.254. The van der Waals surface area contributed by atoms with Crippen molar-refractivity contribution >= 4 is 0 Å². The number of nitrogens with one attached hydrogen (secondary N) is 1. The molecule has 1 atom stereocenters. The minimum atomic E-state index is -0.0348. The Morgan fingerprint density at radius 1 is 1.32 bits per heavy atom. The third kappa shape index (κ3) is 5.35.